The van der Waals surface area contributed by atoms with Crippen LogP contribution in [0.25, 0.3) is 11.0 Å². The van der Waals surface area contributed by atoms with Crippen LogP contribution in [0.4, 0.5) is 17.3 Å². The third-order valence-corrected chi connectivity index (χ3v) is 7.50. The molecule has 3 heterocycles. The molecule has 5 rings (SSSR count). The Labute approximate surface area is 216 Å². The summed E-state index contributed by atoms with van der Waals surface area (Å²) in [4.78, 5) is 39.2. The van der Waals surface area contributed by atoms with Gasteiger partial charge in [0.2, 0.25) is 5.95 Å². The molecule has 1 amide bonds. The predicted octanol–water partition coefficient (Wildman–Crippen LogP) is 2.73. The predicted molar refractivity (Wildman–Crippen MR) is 146 cm³/mol. The van der Waals surface area contributed by atoms with E-state index >= 15 is 0 Å². The first kappa shape index (κ1) is 24.8. The van der Waals surface area contributed by atoms with Gasteiger partial charge in [0.15, 0.2) is 0 Å². The highest BCUT2D eigenvalue weighted by atomic mass is 16.1. The molecule has 1 aliphatic heterocycles. The monoisotopic (exact) mass is 499 g/mol. The number of fused-ring (bicyclic) bond motifs is 1. The van der Waals surface area contributed by atoms with Crippen molar-refractivity contribution in [1.29, 1.82) is 0 Å². The molecule has 37 heavy (non-hydrogen) atoms. The smallest absolute Gasteiger partial charge is 0.253 e. The van der Waals surface area contributed by atoms with Crippen molar-refractivity contribution in [2.24, 2.45) is 13.0 Å². The number of aryl methyl sites for hydroxylation is 1. The average Bonchev–Trinajstić information content (AvgIpc) is 3.44. The van der Waals surface area contributed by atoms with Gasteiger partial charge < -0.3 is 20.4 Å². The maximum atomic E-state index is 13.4. The molecule has 1 aromatic carbocycles. The summed E-state index contributed by atoms with van der Waals surface area (Å²) in [6, 6.07) is 7.20. The highest BCUT2D eigenvalue weighted by molar-refractivity contribution is 6.01. The second kappa shape index (κ2) is 10.6. The first-order valence-electron chi connectivity index (χ1n) is 12.9. The molecule has 1 aliphatic carbocycles. The van der Waals surface area contributed by atoms with E-state index in [9.17, 15) is 9.59 Å². The number of carbonyl (C=O) groups is 1. The summed E-state index contributed by atoms with van der Waals surface area (Å²) in [5.74, 6) is 3.35. The van der Waals surface area contributed by atoms with Crippen LogP contribution in [0.3, 0.4) is 0 Å². The van der Waals surface area contributed by atoms with Gasteiger partial charge in [-0.25, -0.2) is 4.98 Å². The van der Waals surface area contributed by atoms with Gasteiger partial charge in [-0.05, 0) is 44.0 Å². The number of anilines is 3. The zero-order chi connectivity index (χ0) is 25.9. The van der Waals surface area contributed by atoms with Crippen molar-refractivity contribution >= 4 is 34.3 Å². The fourth-order valence-electron chi connectivity index (χ4n) is 5.20. The van der Waals surface area contributed by atoms with Crippen molar-refractivity contribution in [3.8, 4) is 12.3 Å². The summed E-state index contributed by atoms with van der Waals surface area (Å²) in [5, 5.41) is 7.02. The molecule has 0 unspecified atom stereocenters. The van der Waals surface area contributed by atoms with Crippen LogP contribution in [-0.4, -0.2) is 65.1 Å². The van der Waals surface area contributed by atoms with E-state index in [-0.39, 0.29) is 11.5 Å². The van der Waals surface area contributed by atoms with Gasteiger partial charge in [-0.15, -0.1) is 6.42 Å². The molecule has 2 aromatic heterocycles. The summed E-state index contributed by atoms with van der Waals surface area (Å²) < 4.78 is 1.45. The molecule has 0 spiro atoms. The van der Waals surface area contributed by atoms with Crippen LogP contribution in [0, 0.1) is 18.3 Å². The molecule has 192 valence electrons. The van der Waals surface area contributed by atoms with Crippen LogP contribution >= 0.6 is 0 Å². The van der Waals surface area contributed by atoms with Crippen LogP contribution in [0.15, 0.2) is 35.3 Å². The molecule has 2 N–H and O–H groups in total. The van der Waals surface area contributed by atoms with Gasteiger partial charge in [0, 0.05) is 69.0 Å². The van der Waals surface area contributed by atoms with Gasteiger partial charge >= 0.3 is 0 Å². The van der Waals surface area contributed by atoms with E-state index in [1.807, 2.05) is 18.2 Å². The minimum atomic E-state index is -0.233. The lowest BCUT2D eigenvalue weighted by atomic mass is 10.1. The quantitative estimate of drug-likeness (QED) is 0.504. The maximum absolute atomic E-state index is 13.4. The normalized spacial score (nSPS) is 16.6. The van der Waals surface area contributed by atoms with Crippen molar-refractivity contribution in [1.82, 2.24) is 24.8 Å². The molecular formula is C28H33N7O2. The second-order valence-electron chi connectivity index (χ2n) is 10.0. The fraction of sp³-hybridized carbons (Fsp3) is 0.429. The van der Waals surface area contributed by atoms with Gasteiger partial charge in [0.05, 0.1) is 10.9 Å². The number of rotatable bonds is 6. The number of nitrogens with zero attached hydrogens (tertiary/aromatic N) is 5. The Morgan fingerprint density at radius 2 is 1.89 bits per heavy atom. The Morgan fingerprint density at radius 3 is 2.62 bits per heavy atom. The third kappa shape index (κ3) is 5.30. The number of hydrogen-bond donors (Lipinski definition) is 2. The molecular weight excluding hydrogens is 466 g/mol. The first-order valence-corrected chi connectivity index (χ1v) is 12.9. The second-order valence-corrected chi connectivity index (χ2v) is 10.0. The minimum absolute atomic E-state index is 0.0648. The SMILES string of the molecule is C#Cc1cc(=O)n(C)c2nc(Nc3ccc(N4CCN(C)CC4)c(C(=O)NCC4CCCC4)c3)ncc12. The number of terminal acetylenes is 1. The largest absolute Gasteiger partial charge is 0.368 e. The lowest BCUT2D eigenvalue weighted by Gasteiger charge is -2.35. The van der Waals surface area contributed by atoms with Gasteiger partial charge in [-0.2, -0.15) is 4.98 Å². The summed E-state index contributed by atoms with van der Waals surface area (Å²) >= 11 is 0. The Hall–Kier alpha value is -3.90. The molecule has 2 aliphatic rings. The summed E-state index contributed by atoms with van der Waals surface area (Å²) in [6.07, 6.45) is 12.0. The van der Waals surface area contributed by atoms with Crippen molar-refractivity contribution in [2.75, 3.05) is 50.0 Å². The number of hydrogen-bond acceptors (Lipinski definition) is 7. The molecule has 3 aromatic rings. The Balaban J connectivity index is 1.44. The molecule has 2 fully saturated rings. The molecule has 1 saturated carbocycles. The van der Waals surface area contributed by atoms with Crippen molar-refractivity contribution in [2.45, 2.75) is 25.7 Å². The van der Waals surface area contributed by atoms with E-state index in [2.05, 4.69) is 43.4 Å². The van der Waals surface area contributed by atoms with Crippen LogP contribution in [0.1, 0.15) is 41.6 Å². The standard InChI is InChI=1S/C28H33N7O2/c1-4-20-15-25(36)34(3)26-23(20)18-30-28(32-26)31-21-9-10-24(35-13-11-33(2)12-14-35)22(16-21)27(37)29-17-19-7-5-6-8-19/h1,9-10,15-16,18-19H,5-8,11-14,17H2,2-3H3,(H,29,37)(H,30,31,32). The van der Waals surface area contributed by atoms with E-state index in [1.165, 1.54) is 36.3 Å². The highest BCUT2D eigenvalue weighted by Crippen LogP contribution is 2.28. The van der Waals surface area contributed by atoms with Crippen LogP contribution < -0.4 is 21.1 Å². The number of benzene rings is 1. The Bertz CT molecular complexity index is 1410. The topological polar surface area (TPSA) is 95.4 Å². The number of aromatic nitrogens is 3. The minimum Gasteiger partial charge on any atom is -0.368 e. The molecule has 1 saturated heterocycles. The summed E-state index contributed by atoms with van der Waals surface area (Å²) in [7, 11) is 3.77. The molecule has 0 bridgehead atoms. The molecule has 0 atom stereocenters. The van der Waals surface area contributed by atoms with E-state index < -0.39 is 0 Å². The van der Waals surface area contributed by atoms with Gasteiger partial charge in [-0.3, -0.25) is 14.2 Å². The lowest BCUT2D eigenvalue weighted by molar-refractivity contribution is 0.0947. The van der Waals surface area contributed by atoms with Crippen LogP contribution in [0.2, 0.25) is 0 Å². The van der Waals surface area contributed by atoms with E-state index in [0.717, 1.165) is 31.9 Å². The van der Waals surface area contributed by atoms with Gasteiger partial charge in [0.1, 0.15) is 5.65 Å². The van der Waals surface area contributed by atoms with Gasteiger partial charge in [-0.1, -0.05) is 18.8 Å². The van der Waals surface area contributed by atoms with Crippen LogP contribution in [0.5, 0.6) is 0 Å². The lowest BCUT2D eigenvalue weighted by Crippen LogP contribution is -2.45. The van der Waals surface area contributed by atoms with Crippen molar-refractivity contribution in [3.63, 3.8) is 0 Å². The Kier molecular flexibility index (Phi) is 7.10. The van der Waals surface area contributed by atoms with Crippen molar-refractivity contribution in [3.05, 3.63) is 51.9 Å². The third-order valence-electron chi connectivity index (χ3n) is 7.50. The number of carbonyl (C=O) groups excluding carboxylic acids is 1. The van der Waals surface area contributed by atoms with Gasteiger partial charge in [0.25, 0.3) is 11.5 Å². The summed E-state index contributed by atoms with van der Waals surface area (Å²) in [5.41, 5.74) is 2.94. The number of pyridine rings is 1. The highest BCUT2D eigenvalue weighted by Gasteiger charge is 2.22. The zero-order valence-corrected chi connectivity index (χ0v) is 21.5. The van der Waals surface area contributed by atoms with Crippen LogP contribution in [-0.2, 0) is 7.05 Å². The molecule has 9 heteroatoms. The van der Waals surface area contributed by atoms with E-state index in [1.54, 1.807) is 13.2 Å². The number of likely N-dealkylation sites (N-methyl/N-ethyl adjacent to an activating group) is 1. The molecule has 0 radical (unpaired) electrons. The van der Waals surface area contributed by atoms with E-state index in [4.69, 9.17) is 6.42 Å². The zero-order valence-electron chi connectivity index (χ0n) is 21.5. The van der Waals surface area contributed by atoms with Crippen molar-refractivity contribution < 1.29 is 4.79 Å². The summed E-state index contributed by atoms with van der Waals surface area (Å²) in [6.45, 7) is 4.34. The number of piperazine rings is 1. The average molecular weight is 500 g/mol. The maximum Gasteiger partial charge on any atom is 0.253 e. The number of amides is 1. The Morgan fingerprint density at radius 1 is 1.14 bits per heavy atom. The fourth-order valence-corrected chi connectivity index (χ4v) is 5.20. The molecule has 9 nitrogen and oxygen atoms in total. The van der Waals surface area contributed by atoms with E-state index in [0.29, 0.717) is 46.3 Å². The first-order chi connectivity index (χ1) is 17.9. The number of nitrogens with one attached hydrogen (secondary N) is 2.